The molecule has 0 spiro atoms. The van der Waals surface area contributed by atoms with Crippen molar-refractivity contribution in [2.75, 3.05) is 5.32 Å². The van der Waals surface area contributed by atoms with E-state index < -0.39 is 0 Å². The molecule has 12 heavy (non-hydrogen) atoms. The van der Waals surface area contributed by atoms with Crippen molar-refractivity contribution in [3.8, 4) is 0 Å². The second kappa shape index (κ2) is 3.23. The van der Waals surface area contributed by atoms with E-state index in [2.05, 4.69) is 17.2 Å². The average molecular weight is 203 g/mol. The third-order valence-corrected chi connectivity index (χ3v) is 3.25. The second-order valence-electron chi connectivity index (χ2n) is 3.25. The Morgan fingerprint density at radius 3 is 3.00 bits per heavy atom. The van der Waals surface area contributed by atoms with Crippen molar-refractivity contribution in [1.82, 2.24) is 4.98 Å². The van der Waals surface area contributed by atoms with Gasteiger partial charge in [0.05, 0.1) is 0 Å². The zero-order valence-electron chi connectivity index (χ0n) is 6.88. The number of anilines is 1. The lowest BCUT2D eigenvalue weighted by atomic mass is 10.2. The van der Waals surface area contributed by atoms with E-state index in [1.54, 1.807) is 11.3 Å². The van der Waals surface area contributed by atoms with Crippen molar-refractivity contribution in [2.45, 2.75) is 25.8 Å². The maximum absolute atomic E-state index is 5.70. The van der Waals surface area contributed by atoms with E-state index in [4.69, 9.17) is 11.6 Å². The number of nitrogens with zero attached hydrogens (tertiary/aromatic N) is 1. The van der Waals surface area contributed by atoms with Gasteiger partial charge in [0, 0.05) is 11.4 Å². The van der Waals surface area contributed by atoms with Gasteiger partial charge in [0.1, 0.15) is 5.15 Å². The quantitative estimate of drug-likeness (QED) is 0.815. The highest BCUT2D eigenvalue weighted by Crippen LogP contribution is 2.34. The first-order chi connectivity index (χ1) is 5.75. The Morgan fingerprint density at radius 1 is 1.75 bits per heavy atom. The average Bonchev–Trinajstić information content (AvgIpc) is 2.78. The molecule has 0 bridgehead atoms. The Morgan fingerprint density at radius 2 is 2.50 bits per heavy atom. The highest BCUT2D eigenvalue weighted by Gasteiger charge is 2.28. The van der Waals surface area contributed by atoms with Gasteiger partial charge in [-0.15, -0.1) is 11.3 Å². The molecule has 1 aliphatic rings. The molecular weight excluding hydrogens is 192 g/mol. The van der Waals surface area contributed by atoms with Crippen molar-refractivity contribution in [1.29, 1.82) is 0 Å². The Hall–Kier alpha value is -0.280. The number of nitrogens with one attached hydrogen (secondary N) is 1. The van der Waals surface area contributed by atoms with Crippen LogP contribution >= 0.6 is 22.9 Å². The van der Waals surface area contributed by atoms with Gasteiger partial charge >= 0.3 is 0 Å². The van der Waals surface area contributed by atoms with Gasteiger partial charge in [0.2, 0.25) is 0 Å². The maximum Gasteiger partial charge on any atom is 0.184 e. The fraction of sp³-hybridized carbons (Fsp3) is 0.625. The van der Waals surface area contributed by atoms with E-state index in [0.29, 0.717) is 11.2 Å². The molecule has 66 valence electrons. The molecule has 2 nitrogen and oxygen atoms in total. The molecule has 0 aromatic carbocycles. The van der Waals surface area contributed by atoms with Crippen molar-refractivity contribution in [3.05, 3.63) is 10.5 Å². The summed E-state index contributed by atoms with van der Waals surface area (Å²) in [6, 6.07) is 0.548. The lowest BCUT2D eigenvalue weighted by molar-refractivity contribution is 0.693. The van der Waals surface area contributed by atoms with Crippen molar-refractivity contribution >= 4 is 28.1 Å². The standard InChI is InChI=1S/C8H11ClN2S/c1-5(6-2-3-6)10-8-11-7(9)4-12-8/h4-6H,2-3H2,1H3,(H,10,11). The van der Waals surface area contributed by atoms with Crippen LogP contribution in [0.5, 0.6) is 0 Å². The van der Waals surface area contributed by atoms with Gasteiger partial charge in [-0.2, -0.15) is 0 Å². The molecule has 0 radical (unpaired) electrons. The topological polar surface area (TPSA) is 24.9 Å². The van der Waals surface area contributed by atoms with E-state index in [1.807, 2.05) is 5.38 Å². The fourth-order valence-corrected chi connectivity index (χ4v) is 2.16. The van der Waals surface area contributed by atoms with E-state index in [1.165, 1.54) is 12.8 Å². The van der Waals surface area contributed by atoms with Gasteiger partial charge < -0.3 is 5.32 Å². The minimum absolute atomic E-state index is 0.548. The highest BCUT2D eigenvalue weighted by molar-refractivity contribution is 7.14. The first-order valence-electron chi connectivity index (χ1n) is 4.13. The normalized spacial score (nSPS) is 19.2. The number of thiazole rings is 1. The van der Waals surface area contributed by atoms with Crippen LogP contribution in [-0.2, 0) is 0 Å². The molecule has 1 aliphatic carbocycles. The van der Waals surface area contributed by atoms with Gasteiger partial charge in [-0.3, -0.25) is 0 Å². The minimum Gasteiger partial charge on any atom is -0.359 e. The Balaban J connectivity index is 1.93. The maximum atomic E-state index is 5.70. The fourth-order valence-electron chi connectivity index (χ4n) is 1.23. The van der Waals surface area contributed by atoms with Crippen LogP contribution in [0.2, 0.25) is 5.15 Å². The number of aromatic nitrogens is 1. The molecule has 1 saturated carbocycles. The van der Waals surface area contributed by atoms with Crippen LogP contribution < -0.4 is 5.32 Å². The first kappa shape index (κ1) is 8.32. The molecule has 0 aliphatic heterocycles. The molecule has 1 atom stereocenters. The summed E-state index contributed by atoms with van der Waals surface area (Å²) in [5.74, 6) is 0.854. The molecule has 1 heterocycles. The predicted molar refractivity (Wildman–Crippen MR) is 52.9 cm³/mol. The Labute approximate surface area is 81.0 Å². The summed E-state index contributed by atoms with van der Waals surface area (Å²) in [6.07, 6.45) is 2.71. The number of hydrogen-bond acceptors (Lipinski definition) is 3. The summed E-state index contributed by atoms with van der Waals surface area (Å²) in [5, 5.41) is 6.73. The molecule has 1 unspecified atom stereocenters. The lowest BCUT2D eigenvalue weighted by Crippen LogP contribution is -2.16. The molecule has 0 amide bonds. The zero-order valence-corrected chi connectivity index (χ0v) is 8.45. The number of rotatable bonds is 3. The lowest BCUT2D eigenvalue weighted by Gasteiger charge is -2.10. The molecule has 1 fully saturated rings. The summed E-state index contributed by atoms with van der Waals surface area (Å²) in [7, 11) is 0. The molecule has 1 aromatic rings. The van der Waals surface area contributed by atoms with Crippen LogP contribution in [0, 0.1) is 5.92 Å². The van der Waals surface area contributed by atoms with Crippen LogP contribution in [0.4, 0.5) is 5.13 Å². The van der Waals surface area contributed by atoms with Crippen molar-refractivity contribution < 1.29 is 0 Å². The van der Waals surface area contributed by atoms with Crippen molar-refractivity contribution in [3.63, 3.8) is 0 Å². The van der Waals surface area contributed by atoms with E-state index in [-0.39, 0.29) is 0 Å². The summed E-state index contributed by atoms with van der Waals surface area (Å²) < 4.78 is 0. The van der Waals surface area contributed by atoms with E-state index in [0.717, 1.165) is 11.0 Å². The predicted octanol–water partition coefficient (Wildman–Crippen LogP) is 3.01. The molecular formula is C8H11ClN2S. The summed E-state index contributed by atoms with van der Waals surface area (Å²) in [6.45, 7) is 2.20. The van der Waals surface area contributed by atoms with Gasteiger partial charge in [-0.1, -0.05) is 11.6 Å². The zero-order chi connectivity index (χ0) is 8.55. The van der Waals surface area contributed by atoms with Crippen LogP contribution in [0.15, 0.2) is 5.38 Å². The number of hydrogen-bond donors (Lipinski definition) is 1. The molecule has 0 saturated heterocycles. The van der Waals surface area contributed by atoms with Gasteiger partial charge in [-0.25, -0.2) is 4.98 Å². The van der Waals surface area contributed by atoms with Crippen molar-refractivity contribution in [2.24, 2.45) is 5.92 Å². The van der Waals surface area contributed by atoms with Crippen LogP contribution in [0.1, 0.15) is 19.8 Å². The Kier molecular flexibility index (Phi) is 2.24. The summed E-state index contributed by atoms with van der Waals surface area (Å²) >= 11 is 7.27. The molecule has 1 N–H and O–H groups in total. The molecule has 2 rings (SSSR count). The van der Waals surface area contributed by atoms with Crippen LogP contribution in [0.25, 0.3) is 0 Å². The first-order valence-corrected chi connectivity index (χ1v) is 5.39. The smallest absolute Gasteiger partial charge is 0.184 e. The second-order valence-corrected chi connectivity index (χ2v) is 4.49. The largest absolute Gasteiger partial charge is 0.359 e. The van der Waals surface area contributed by atoms with Crippen LogP contribution in [-0.4, -0.2) is 11.0 Å². The van der Waals surface area contributed by atoms with Gasteiger partial charge in [0.25, 0.3) is 0 Å². The molecule has 4 heteroatoms. The monoisotopic (exact) mass is 202 g/mol. The Bertz CT molecular complexity index is 270. The molecule has 1 aromatic heterocycles. The summed E-state index contributed by atoms with van der Waals surface area (Å²) in [5.41, 5.74) is 0. The van der Waals surface area contributed by atoms with E-state index in [9.17, 15) is 0 Å². The minimum atomic E-state index is 0.548. The van der Waals surface area contributed by atoms with E-state index >= 15 is 0 Å². The number of halogens is 1. The highest BCUT2D eigenvalue weighted by atomic mass is 35.5. The van der Waals surface area contributed by atoms with Gasteiger partial charge in [-0.05, 0) is 25.7 Å². The van der Waals surface area contributed by atoms with Crippen LogP contribution in [0.3, 0.4) is 0 Å². The SMILES string of the molecule is CC(Nc1nc(Cl)cs1)C1CC1. The third kappa shape index (κ3) is 1.90. The van der Waals surface area contributed by atoms with Gasteiger partial charge in [0.15, 0.2) is 5.13 Å². The third-order valence-electron chi connectivity index (χ3n) is 2.16. The summed E-state index contributed by atoms with van der Waals surface area (Å²) in [4.78, 5) is 4.13.